The highest BCUT2D eigenvalue weighted by molar-refractivity contribution is 5.13. The van der Waals surface area contributed by atoms with Gasteiger partial charge in [-0.1, -0.05) is 0 Å². The van der Waals surface area contributed by atoms with Crippen molar-refractivity contribution < 1.29 is 4.42 Å². The molecule has 1 aromatic rings. The van der Waals surface area contributed by atoms with E-state index >= 15 is 0 Å². The van der Waals surface area contributed by atoms with Gasteiger partial charge in [-0.3, -0.25) is 0 Å². The molecule has 1 atom stereocenters. The van der Waals surface area contributed by atoms with Crippen LogP contribution < -0.4 is 0 Å². The summed E-state index contributed by atoms with van der Waals surface area (Å²) in [5, 5.41) is 0. The maximum atomic E-state index is 6.67. The average molecular weight is 121 g/mol. The van der Waals surface area contributed by atoms with E-state index in [4.69, 9.17) is 11.0 Å². The Morgan fingerprint density at radius 1 is 1.78 bits per heavy atom. The molecule has 0 spiro atoms. The molecule has 0 saturated heterocycles. The van der Waals surface area contributed by atoms with Crippen LogP contribution in [-0.4, -0.2) is 0 Å². The molecule has 1 aromatic heterocycles. The average Bonchev–Trinajstić information content (AvgIpc) is 2.37. The van der Waals surface area contributed by atoms with E-state index in [-0.39, 0.29) is 6.04 Å². The Morgan fingerprint density at radius 2 is 2.56 bits per heavy atom. The van der Waals surface area contributed by atoms with Crippen LogP contribution in [0.4, 0.5) is 0 Å². The fourth-order valence-electron chi connectivity index (χ4n) is 0.587. The first kappa shape index (κ1) is 5.90. The van der Waals surface area contributed by atoms with E-state index in [0.717, 1.165) is 5.56 Å². The molecule has 0 aliphatic rings. The second kappa shape index (κ2) is 2.36. The fourth-order valence-corrected chi connectivity index (χ4v) is 0.587. The largest absolute Gasteiger partial charge is 0.472 e. The van der Waals surface area contributed by atoms with Crippen LogP contribution in [0.3, 0.4) is 0 Å². The van der Waals surface area contributed by atoms with Crippen molar-refractivity contribution in [3.8, 4) is 0 Å². The van der Waals surface area contributed by atoms with Crippen molar-refractivity contribution in [1.29, 1.82) is 0 Å². The van der Waals surface area contributed by atoms with E-state index in [9.17, 15) is 0 Å². The van der Waals surface area contributed by atoms with Gasteiger partial charge < -0.3 is 9.26 Å². The van der Waals surface area contributed by atoms with Crippen LogP contribution in [0.5, 0.6) is 0 Å². The number of hydrogen-bond acceptors (Lipinski definition) is 1. The van der Waals surface area contributed by atoms with Crippen LogP contribution in [0.2, 0.25) is 0 Å². The molecule has 2 nitrogen and oxygen atoms in total. The zero-order valence-electron chi connectivity index (χ0n) is 5.16. The molecule has 1 rings (SSSR count). The summed E-state index contributed by atoms with van der Waals surface area (Å²) in [5.41, 5.74) is 0.949. The van der Waals surface area contributed by atoms with Crippen LogP contribution in [0.1, 0.15) is 18.5 Å². The molecule has 0 N–H and O–H groups in total. The van der Waals surface area contributed by atoms with E-state index < -0.39 is 0 Å². The molecule has 1 unspecified atom stereocenters. The first-order valence-corrected chi connectivity index (χ1v) is 2.73. The van der Waals surface area contributed by atoms with Gasteiger partial charge in [0.2, 0.25) is 6.04 Å². The molecule has 0 saturated carbocycles. The van der Waals surface area contributed by atoms with Gasteiger partial charge in [-0.25, -0.2) is 6.57 Å². The summed E-state index contributed by atoms with van der Waals surface area (Å²) in [7, 11) is 0. The monoisotopic (exact) mass is 121 g/mol. The lowest BCUT2D eigenvalue weighted by Gasteiger charge is -1.88. The van der Waals surface area contributed by atoms with Gasteiger partial charge >= 0.3 is 0 Å². The second-order valence-corrected chi connectivity index (χ2v) is 1.86. The van der Waals surface area contributed by atoms with Crippen LogP contribution >= 0.6 is 0 Å². The van der Waals surface area contributed by atoms with Crippen LogP contribution in [-0.2, 0) is 0 Å². The van der Waals surface area contributed by atoms with Crippen molar-refractivity contribution in [2.45, 2.75) is 13.0 Å². The Labute approximate surface area is 53.9 Å². The molecule has 9 heavy (non-hydrogen) atoms. The number of hydrogen-bond donors (Lipinski definition) is 0. The quantitative estimate of drug-likeness (QED) is 0.521. The van der Waals surface area contributed by atoms with Crippen molar-refractivity contribution in [2.75, 3.05) is 0 Å². The highest BCUT2D eigenvalue weighted by Gasteiger charge is 2.07. The lowest BCUT2D eigenvalue weighted by atomic mass is 10.2. The highest BCUT2D eigenvalue weighted by Crippen LogP contribution is 2.15. The summed E-state index contributed by atoms with van der Waals surface area (Å²) in [5.74, 6) is 0. The van der Waals surface area contributed by atoms with E-state index in [0.29, 0.717) is 0 Å². The molecule has 0 radical (unpaired) electrons. The fraction of sp³-hybridized carbons (Fsp3) is 0.286. The minimum Gasteiger partial charge on any atom is -0.472 e. The van der Waals surface area contributed by atoms with Crippen molar-refractivity contribution >= 4 is 0 Å². The van der Waals surface area contributed by atoms with Gasteiger partial charge in [0.05, 0.1) is 11.8 Å². The number of rotatable bonds is 1. The third kappa shape index (κ3) is 1.11. The van der Waals surface area contributed by atoms with E-state index in [1.807, 2.05) is 13.0 Å². The zero-order valence-corrected chi connectivity index (χ0v) is 5.16. The molecule has 0 amide bonds. The smallest absolute Gasteiger partial charge is 0.249 e. The molecule has 0 aromatic carbocycles. The van der Waals surface area contributed by atoms with Gasteiger partial charge in [-0.05, 0) is 6.07 Å². The standard InChI is InChI=1S/C7H7NO/c1-6(8-2)7-3-4-9-5-7/h3-6H,1H3. The molecule has 0 aliphatic heterocycles. The van der Waals surface area contributed by atoms with Crippen LogP contribution in [0.15, 0.2) is 23.0 Å². The normalized spacial score (nSPS) is 12.4. The number of furan rings is 1. The molecule has 46 valence electrons. The lowest BCUT2D eigenvalue weighted by Crippen LogP contribution is -1.79. The first-order chi connectivity index (χ1) is 4.34. The Morgan fingerprint density at radius 3 is 3.00 bits per heavy atom. The predicted octanol–water partition coefficient (Wildman–Crippen LogP) is 2.26. The van der Waals surface area contributed by atoms with Gasteiger partial charge in [0.25, 0.3) is 0 Å². The highest BCUT2D eigenvalue weighted by atomic mass is 16.3. The van der Waals surface area contributed by atoms with Gasteiger partial charge in [-0.2, -0.15) is 0 Å². The van der Waals surface area contributed by atoms with E-state index in [1.54, 1.807) is 12.5 Å². The van der Waals surface area contributed by atoms with Gasteiger partial charge in [0.15, 0.2) is 0 Å². The van der Waals surface area contributed by atoms with Crippen molar-refractivity contribution in [1.82, 2.24) is 0 Å². The zero-order chi connectivity index (χ0) is 6.69. The van der Waals surface area contributed by atoms with Crippen molar-refractivity contribution in [3.05, 3.63) is 35.6 Å². The SMILES string of the molecule is [C-]#[N+]C(C)c1ccoc1. The molecule has 0 bridgehead atoms. The summed E-state index contributed by atoms with van der Waals surface area (Å²) < 4.78 is 4.79. The molecule has 1 heterocycles. The predicted molar refractivity (Wildman–Crippen MR) is 33.7 cm³/mol. The van der Waals surface area contributed by atoms with Crippen molar-refractivity contribution in [2.24, 2.45) is 0 Å². The van der Waals surface area contributed by atoms with E-state index in [2.05, 4.69) is 4.85 Å². The Bertz CT molecular complexity index is 207. The minimum atomic E-state index is -0.0660. The lowest BCUT2D eigenvalue weighted by molar-refractivity contribution is 0.563. The van der Waals surface area contributed by atoms with E-state index in [1.165, 1.54) is 0 Å². The third-order valence-electron chi connectivity index (χ3n) is 1.22. The minimum absolute atomic E-state index is 0.0660. The summed E-state index contributed by atoms with van der Waals surface area (Å²) in [4.78, 5) is 3.32. The summed E-state index contributed by atoms with van der Waals surface area (Å²) in [6.07, 6.45) is 3.18. The summed E-state index contributed by atoms with van der Waals surface area (Å²) in [6, 6.07) is 1.74. The topological polar surface area (TPSA) is 17.5 Å². The van der Waals surface area contributed by atoms with Crippen LogP contribution in [0.25, 0.3) is 4.85 Å². The third-order valence-corrected chi connectivity index (χ3v) is 1.22. The first-order valence-electron chi connectivity index (χ1n) is 2.73. The number of nitrogens with zero attached hydrogens (tertiary/aromatic N) is 1. The van der Waals surface area contributed by atoms with Gasteiger partial charge in [0, 0.05) is 6.92 Å². The Kier molecular flexibility index (Phi) is 1.55. The summed E-state index contributed by atoms with van der Waals surface area (Å²) >= 11 is 0. The summed E-state index contributed by atoms with van der Waals surface area (Å²) in [6.45, 7) is 8.51. The second-order valence-electron chi connectivity index (χ2n) is 1.86. The maximum Gasteiger partial charge on any atom is 0.249 e. The van der Waals surface area contributed by atoms with Crippen LogP contribution in [0, 0.1) is 6.57 Å². The Hall–Kier alpha value is -1.23. The maximum absolute atomic E-state index is 6.67. The molecule has 0 fully saturated rings. The molecule has 0 aliphatic carbocycles. The molecular weight excluding hydrogens is 114 g/mol. The van der Waals surface area contributed by atoms with Gasteiger partial charge in [-0.15, -0.1) is 0 Å². The molecule has 2 heteroatoms. The van der Waals surface area contributed by atoms with Crippen molar-refractivity contribution in [3.63, 3.8) is 0 Å². The Balaban J connectivity index is 2.80. The van der Waals surface area contributed by atoms with Gasteiger partial charge in [0.1, 0.15) is 6.26 Å². The molecular formula is C7H7NO.